The van der Waals surface area contributed by atoms with Crippen LogP contribution in [0.15, 0.2) is 16.9 Å². The molecule has 0 atom stereocenters. The van der Waals surface area contributed by atoms with Crippen LogP contribution in [0.3, 0.4) is 0 Å². The van der Waals surface area contributed by atoms with Crippen LogP contribution in [0, 0.1) is 11.3 Å². The predicted octanol–water partition coefficient (Wildman–Crippen LogP) is -3.68. The van der Waals surface area contributed by atoms with Crippen molar-refractivity contribution in [1.29, 1.82) is 5.26 Å². The Balaban J connectivity index is 0.000001000. The Bertz CT molecular complexity index is 339. The fourth-order valence-electron chi connectivity index (χ4n) is 0.544. The van der Waals surface area contributed by atoms with Gasteiger partial charge in [-0.25, -0.2) is 0 Å². The zero-order valence-electron chi connectivity index (χ0n) is 5.92. The first-order valence-electron chi connectivity index (χ1n) is 2.54. The molecule has 1 aromatic heterocycles. The van der Waals surface area contributed by atoms with Crippen LogP contribution in [0.1, 0.15) is 5.56 Å². The molecule has 0 bridgehead atoms. The van der Waals surface area contributed by atoms with Gasteiger partial charge in [0.2, 0.25) is 0 Å². The second-order valence-corrected chi connectivity index (χ2v) is 1.68. The van der Waals surface area contributed by atoms with Gasteiger partial charge in [0.25, 0.3) is 5.56 Å². The maximum atomic E-state index is 10.6. The van der Waals surface area contributed by atoms with E-state index in [0.29, 0.717) is 0 Å². The van der Waals surface area contributed by atoms with E-state index in [2.05, 4.69) is 0 Å². The number of aromatic amines is 1. The molecule has 0 fully saturated rings. The van der Waals surface area contributed by atoms with Crippen molar-refractivity contribution in [2.45, 2.75) is 0 Å². The molecule has 1 aromatic rings. The topological polar surface area (TPSA) is 79.7 Å². The SMILES string of the molecule is N#Cc1ccc([O-])[nH]c1=O.[Na+]. The normalized spacial score (nSPS) is 7.91. The minimum atomic E-state index is -0.630. The third-order valence-electron chi connectivity index (χ3n) is 1.00. The number of nitrogens with one attached hydrogen (secondary N) is 1. The summed E-state index contributed by atoms with van der Waals surface area (Å²) in [6.45, 7) is 0. The second-order valence-electron chi connectivity index (χ2n) is 1.68. The van der Waals surface area contributed by atoms with Crippen molar-refractivity contribution < 1.29 is 34.7 Å². The quantitative estimate of drug-likeness (QED) is 0.395. The summed E-state index contributed by atoms with van der Waals surface area (Å²) in [5, 5.41) is 18.6. The molecule has 1 heterocycles. The Morgan fingerprint density at radius 3 is 2.64 bits per heavy atom. The van der Waals surface area contributed by atoms with Gasteiger partial charge in [0.1, 0.15) is 11.6 Å². The Labute approximate surface area is 84.8 Å². The van der Waals surface area contributed by atoms with Gasteiger partial charge in [0.05, 0.1) is 0 Å². The number of pyridine rings is 1. The summed E-state index contributed by atoms with van der Waals surface area (Å²) in [6.07, 6.45) is 0. The van der Waals surface area contributed by atoms with Crippen LogP contribution in [-0.4, -0.2) is 4.98 Å². The zero-order valence-corrected chi connectivity index (χ0v) is 7.92. The van der Waals surface area contributed by atoms with Gasteiger partial charge >= 0.3 is 29.6 Å². The van der Waals surface area contributed by atoms with Crippen LogP contribution in [0.4, 0.5) is 0 Å². The van der Waals surface area contributed by atoms with E-state index in [1.165, 1.54) is 6.07 Å². The first-order valence-corrected chi connectivity index (χ1v) is 2.54. The second kappa shape index (κ2) is 4.19. The largest absolute Gasteiger partial charge is 1.00 e. The van der Waals surface area contributed by atoms with Gasteiger partial charge in [-0.2, -0.15) is 5.26 Å². The first-order chi connectivity index (χ1) is 4.74. The molecule has 0 unspecified atom stereocenters. The molecule has 0 amide bonds. The van der Waals surface area contributed by atoms with E-state index in [9.17, 15) is 9.90 Å². The molecule has 4 nitrogen and oxygen atoms in total. The molecule has 0 aliphatic carbocycles. The summed E-state index contributed by atoms with van der Waals surface area (Å²) in [4.78, 5) is 12.5. The average Bonchev–Trinajstić information content (AvgIpc) is 1.88. The van der Waals surface area contributed by atoms with Crippen molar-refractivity contribution in [3.63, 3.8) is 0 Å². The van der Waals surface area contributed by atoms with Crippen molar-refractivity contribution >= 4 is 0 Å². The number of nitrogens with zero attached hydrogens (tertiary/aromatic N) is 1. The summed E-state index contributed by atoms with van der Waals surface area (Å²) in [6, 6.07) is 3.97. The fourth-order valence-corrected chi connectivity index (χ4v) is 0.544. The summed E-state index contributed by atoms with van der Waals surface area (Å²) in [5.74, 6) is -0.482. The Kier molecular flexibility index (Phi) is 3.90. The summed E-state index contributed by atoms with van der Waals surface area (Å²) >= 11 is 0. The number of aromatic nitrogens is 1. The number of rotatable bonds is 0. The Morgan fingerprint density at radius 2 is 2.18 bits per heavy atom. The molecular formula is C6H3N2NaO2. The Morgan fingerprint density at radius 1 is 1.55 bits per heavy atom. The molecule has 0 spiro atoms. The molecule has 0 aliphatic rings. The van der Waals surface area contributed by atoms with Gasteiger partial charge in [0.15, 0.2) is 0 Å². The number of hydrogen-bond donors (Lipinski definition) is 1. The number of H-pyrrole nitrogens is 1. The average molecular weight is 158 g/mol. The minimum absolute atomic E-state index is 0. The van der Waals surface area contributed by atoms with Crippen molar-refractivity contribution in [2.24, 2.45) is 0 Å². The first kappa shape index (κ1) is 10.2. The number of hydrogen-bond acceptors (Lipinski definition) is 3. The van der Waals surface area contributed by atoms with Gasteiger partial charge in [-0.3, -0.25) is 4.79 Å². The van der Waals surface area contributed by atoms with Crippen LogP contribution in [0.2, 0.25) is 0 Å². The molecule has 1 N–H and O–H groups in total. The maximum absolute atomic E-state index is 10.6. The third kappa shape index (κ3) is 2.39. The molecule has 1 rings (SSSR count). The van der Waals surface area contributed by atoms with Gasteiger partial charge in [-0.1, -0.05) is 6.07 Å². The smallest absolute Gasteiger partial charge is 0.860 e. The molecule has 0 saturated carbocycles. The van der Waals surface area contributed by atoms with E-state index in [-0.39, 0.29) is 35.1 Å². The summed E-state index contributed by atoms with van der Waals surface area (Å²) < 4.78 is 0. The predicted molar refractivity (Wildman–Crippen MR) is 31.2 cm³/mol. The standard InChI is InChI=1S/C6H4N2O2.Na/c7-3-4-1-2-5(9)8-6(4)10;/h1-2H,(H2,8,9,10);/q;+1/p-1. The van der Waals surface area contributed by atoms with Crippen molar-refractivity contribution in [2.75, 3.05) is 0 Å². The Hall–Kier alpha value is -0.760. The summed E-state index contributed by atoms with van der Waals surface area (Å²) in [7, 11) is 0. The van der Waals surface area contributed by atoms with Crippen LogP contribution in [-0.2, 0) is 0 Å². The van der Waals surface area contributed by atoms with Crippen molar-refractivity contribution in [3.05, 3.63) is 28.0 Å². The van der Waals surface area contributed by atoms with Crippen LogP contribution < -0.4 is 40.2 Å². The molecule has 0 aliphatic heterocycles. The zero-order chi connectivity index (χ0) is 7.56. The van der Waals surface area contributed by atoms with E-state index in [4.69, 9.17) is 5.26 Å². The molecular weight excluding hydrogens is 155 g/mol. The third-order valence-corrected chi connectivity index (χ3v) is 1.00. The molecule has 0 saturated heterocycles. The number of nitriles is 1. The van der Waals surface area contributed by atoms with Crippen molar-refractivity contribution in [3.8, 4) is 11.9 Å². The maximum Gasteiger partial charge on any atom is 1.00 e. The van der Waals surface area contributed by atoms with E-state index in [0.717, 1.165) is 6.07 Å². The molecule has 5 heteroatoms. The molecule has 0 aromatic carbocycles. The van der Waals surface area contributed by atoms with E-state index in [1.54, 1.807) is 6.07 Å². The molecule has 11 heavy (non-hydrogen) atoms. The monoisotopic (exact) mass is 158 g/mol. The summed E-state index contributed by atoms with van der Waals surface area (Å²) in [5.41, 5.74) is -0.672. The molecule has 50 valence electrons. The van der Waals surface area contributed by atoms with Gasteiger partial charge in [-0.05, 0) is 11.9 Å². The van der Waals surface area contributed by atoms with E-state index < -0.39 is 11.4 Å². The van der Waals surface area contributed by atoms with Gasteiger partial charge in [0, 0.05) is 0 Å². The minimum Gasteiger partial charge on any atom is -0.860 e. The van der Waals surface area contributed by atoms with E-state index >= 15 is 0 Å². The van der Waals surface area contributed by atoms with Crippen LogP contribution in [0.25, 0.3) is 0 Å². The molecule has 0 radical (unpaired) electrons. The van der Waals surface area contributed by atoms with Gasteiger partial charge < -0.3 is 10.1 Å². The fraction of sp³-hybridized carbons (Fsp3) is 0. The van der Waals surface area contributed by atoms with Crippen LogP contribution >= 0.6 is 0 Å². The van der Waals surface area contributed by atoms with Crippen LogP contribution in [0.5, 0.6) is 5.88 Å². The van der Waals surface area contributed by atoms with E-state index in [1.807, 2.05) is 4.98 Å². The van der Waals surface area contributed by atoms with Gasteiger partial charge in [-0.15, -0.1) is 0 Å². The van der Waals surface area contributed by atoms with Crippen molar-refractivity contribution in [1.82, 2.24) is 4.98 Å².